The van der Waals surface area contributed by atoms with Crippen molar-refractivity contribution < 1.29 is 4.74 Å². The number of thiophene rings is 1. The van der Waals surface area contributed by atoms with Gasteiger partial charge in [-0.1, -0.05) is 6.07 Å². The van der Waals surface area contributed by atoms with E-state index in [2.05, 4.69) is 44.4 Å². The number of rotatable bonds is 7. The first-order chi connectivity index (χ1) is 10.8. The second kappa shape index (κ2) is 7.82. The predicted molar refractivity (Wildman–Crippen MR) is 87.0 cm³/mol. The Morgan fingerprint density at radius 1 is 1.41 bits per heavy atom. The monoisotopic (exact) mass is 321 g/mol. The van der Waals surface area contributed by atoms with Gasteiger partial charge in [-0.05, 0) is 18.5 Å². The summed E-state index contributed by atoms with van der Waals surface area (Å²) in [4.78, 5) is 10.3. The fourth-order valence-electron chi connectivity index (χ4n) is 2.76. The quantitative estimate of drug-likeness (QED) is 0.770. The largest absolute Gasteiger partial charge is 0.379 e. The molecule has 0 aromatic carbocycles. The number of nitrogens with zero attached hydrogens (tertiary/aromatic N) is 5. The average Bonchev–Trinajstić information content (AvgIpc) is 3.25. The molecule has 0 radical (unpaired) electrons. The van der Waals surface area contributed by atoms with Gasteiger partial charge in [-0.25, -0.2) is 4.98 Å². The summed E-state index contributed by atoms with van der Waals surface area (Å²) >= 11 is 1.85. The maximum atomic E-state index is 5.50. The molecule has 1 saturated heterocycles. The Morgan fingerprint density at radius 2 is 2.27 bits per heavy atom. The van der Waals surface area contributed by atoms with Crippen LogP contribution >= 0.6 is 11.3 Å². The molecule has 1 aliphatic heterocycles. The Bertz CT molecular complexity index is 524. The van der Waals surface area contributed by atoms with E-state index < -0.39 is 0 Å². The van der Waals surface area contributed by atoms with Crippen molar-refractivity contribution in [2.24, 2.45) is 0 Å². The molecule has 0 N–H and O–H groups in total. The van der Waals surface area contributed by atoms with E-state index in [1.54, 1.807) is 12.7 Å². The van der Waals surface area contributed by atoms with Crippen molar-refractivity contribution in [3.05, 3.63) is 35.0 Å². The van der Waals surface area contributed by atoms with E-state index >= 15 is 0 Å². The third-order valence-corrected chi connectivity index (χ3v) is 4.99. The lowest BCUT2D eigenvalue weighted by atomic mass is 10.1. The topological polar surface area (TPSA) is 46.4 Å². The molecule has 120 valence electrons. The van der Waals surface area contributed by atoms with Gasteiger partial charge in [0.1, 0.15) is 12.7 Å². The van der Waals surface area contributed by atoms with Gasteiger partial charge in [0.25, 0.3) is 0 Å². The average molecular weight is 321 g/mol. The molecule has 0 aliphatic carbocycles. The Kier molecular flexibility index (Phi) is 5.55. The molecule has 1 atom stereocenters. The molecule has 0 amide bonds. The summed E-state index contributed by atoms with van der Waals surface area (Å²) in [6.45, 7) is 6.57. The van der Waals surface area contributed by atoms with Crippen molar-refractivity contribution in [2.45, 2.75) is 12.6 Å². The van der Waals surface area contributed by atoms with Crippen LogP contribution in [-0.4, -0.2) is 71.0 Å². The zero-order chi connectivity index (χ0) is 15.2. The minimum Gasteiger partial charge on any atom is -0.379 e. The van der Waals surface area contributed by atoms with Crippen LogP contribution in [0.3, 0.4) is 0 Å². The van der Waals surface area contributed by atoms with Crippen molar-refractivity contribution in [2.75, 3.05) is 46.4 Å². The van der Waals surface area contributed by atoms with Crippen LogP contribution in [0.2, 0.25) is 0 Å². The third-order valence-electron chi connectivity index (χ3n) is 4.02. The minimum absolute atomic E-state index is 0.449. The second-order valence-electron chi connectivity index (χ2n) is 5.60. The Balaban J connectivity index is 1.59. The highest BCUT2D eigenvalue weighted by atomic mass is 32.1. The van der Waals surface area contributed by atoms with Gasteiger partial charge in [-0.3, -0.25) is 9.58 Å². The first kappa shape index (κ1) is 15.6. The molecule has 3 heterocycles. The van der Waals surface area contributed by atoms with Crippen molar-refractivity contribution in [3.63, 3.8) is 0 Å². The molecule has 22 heavy (non-hydrogen) atoms. The van der Waals surface area contributed by atoms with E-state index in [9.17, 15) is 0 Å². The zero-order valence-electron chi connectivity index (χ0n) is 13.0. The summed E-state index contributed by atoms with van der Waals surface area (Å²) < 4.78 is 7.38. The maximum absolute atomic E-state index is 5.50. The minimum atomic E-state index is 0.449. The molecule has 2 aromatic heterocycles. The van der Waals surface area contributed by atoms with Gasteiger partial charge in [0.2, 0.25) is 0 Å². The van der Waals surface area contributed by atoms with Gasteiger partial charge in [-0.2, -0.15) is 5.10 Å². The molecule has 0 spiro atoms. The summed E-state index contributed by atoms with van der Waals surface area (Å²) in [5.74, 6) is 0. The Labute approximate surface area is 135 Å². The van der Waals surface area contributed by atoms with Crippen LogP contribution in [0.5, 0.6) is 0 Å². The highest BCUT2D eigenvalue weighted by Crippen LogP contribution is 2.26. The van der Waals surface area contributed by atoms with Crippen LogP contribution in [0.4, 0.5) is 0 Å². The number of likely N-dealkylation sites (N-methyl/N-ethyl adjacent to an activating group) is 1. The normalized spacial score (nSPS) is 17.9. The van der Waals surface area contributed by atoms with Gasteiger partial charge in [-0.15, -0.1) is 11.3 Å². The maximum Gasteiger partial charge on any atom is 0.137 e. The highest BCUT2D eigenvalue weighted by molar-refractivity contribution is 7.10. The van der Waals surface area contributed by atoms with Crippen LogP contribution in [0.15, 0.2) is 30.2 Å². The smallest absolute Gasteiger partial charge is 0.137 e. The van der Waals surface area contributed by atoms with Crippen LogP contribution in [-0.2, 0) is 11.3 Å². The molecule has 7 heteroatoms. The number of hydrogen-bond donors (Lipinski definition) is 0. The van der Waals surface area contributed by atoms with Crippen LogP contribution in [0.1, 0.15) is 10.9 Å². The Morgan fingerprint density at radius 3 is 2.95 bits per heavy atom. The van der Waals surface area contributed by atoms with Gasteiger partial charge in [0.05, 0.1) is 25.8 Å². The molecule has 1 aliphatic rings. The summed E-state index contributed by atoms with van der Waals surface area (Å²) in [6, 6.07) is 4.84. The second-order valence-corrected chi connectivity index (χ2v) is 6.58. The summed E-state index contributed by atoms with van der Waals surface area (Å²) in [7, 11) is 2.18. The zero-order valence-corrected chi connectivity index (χ0v) is 13.8. The molecule has 3 rings (SSSR count). The molecule has 2 aromatic rings. The van der Waals surface area contributed by atoms with Gasteiger partial charge in [0.15, 0.2) is 0 Å². The number of morpholine rings is 1. The standard InChI is InChI=1S/C15H23N5OS/c1-18(4-5-20-13-16-12-17-20)11-14(15-3-2-10-22-15)19-6-8-21-9-7-19/h2-3,10,12-14H,4-9,11H2,1H3/t14-/m1/s1. The van der Waals surface area contributed by atoms with Crippen molar-refractivity contribution in [1.82, 2.24) is 24.6 Å². The van der Waals surface area contributed by atoms with Crippen molar-refractivity contribution in [3.8, 4) is 0 Å². The van der Waals surface area contributed by atoms with E-state index in [1.165, 1.54) is 4.88 Å². The third kappa shape index (κ3) is 4.13. The lowest BCUT2D eigenvalue weighted by Crippen LogP contribution is -2.43. The molecule has 6 nitrogen and oxygen atoms in total. The first-order valence-electron chi connectivity index (χ1n) is 7.69. The fraction of sp³-hybridized carbons (Fsp3) is 0.600. The predicted octanol–water partition coefficient (Wildman–Crippen LogP) is 1.34. The SMILES string of the molecule is CN(CCn1cncn1)C[C@H](c1cccs1)N1CCOCC1. The molecule has 0 saturated carbocycles. The van der Waals surface area contributed by atoms with Crippen molar-refractivity contribution >= 4 is 11.3 Å². The first-order valence-corrected chi connectivity index (χ1v) is 8.57. The van der Waals surface area contributed by atoms with E-state index in [-0.39, 0.29) is 0 Å². The lowest BCUT2D eigenvalue weighted by molar-refractivity contribution is 0.00991. The molecular formula is C15H23N5OS. The highest BCUT2D eigenvalue weighted by Gasteiger charge is 2.24. The van der Waals surface area contributed by atoms with E-state index in [1.807, 2.05) is 16.0 Å². The summed E-state index contributed by atoms with van der Waals surface area (Å²) in [6.07, 6.45) is 3.36. The molecule has 0 bridgehead atoms. The van der Waals surface area contributed by atoms with Crippen molar-refractivity contribution in [1.29, 1.82) is 0 Å². The number of ether oxygens (including phenoxy) is 1. The van der Waals surface area contributed by atoms with Crippen LogP contribution in [0, 0.1) is 0 Å². The number of aromatic nitrogens is 3. The Hall–Kier alpha value is -1.28. The lowest BCUT2D eigenvalue weighted by Gasteiger charge is -2.36. The molecular weight excluding hydrogens is 298 g/mol. The van der Waals surface area contributed by atoms with E-state index in [0.717, 1.165) is 45.9 Å². The molecule has 0 unspecified atom stereocenters. The van der Waals surface area contributed by atoms with Crippen LogP contribution < -0.4 is 0 Å². The van der Waals surface area contributed by atoms with Gasteiger partial charge >= 0.3 is 0 Å². The van der Waals surface area contributed by atoms with Gasteiger partial charge < -0.3 is 9.64 Å². The molecule has 1 fully saturated rings. The van der Waals surface area contributed by atoms with Crippen LogP contribution in [0.25, 0.3) is 0 Å². The summed E-state index contributed by atoms with van der Waals surface area (Å²) in [5.41, 5.74) is 0. The fourth-order valence-corrected chi connectivity index (χ4v) is 3.62. The summed E-state index contributed by atoms with van der Waals surface area (Å²) in [5, 5.41) is 6.33. The number of hydrogen-bond acceptors (Lipinski definition) is 6. The van der Waals surface area contributed by atoms with E-state index in [4.69, 9.17) is 4.74 Å². The van der Waals surface area contributed by atoms with E-state index in [0.29, 0.717) is 6.04 Å². The van der Waals surface area contributed by atoms with Gasteiger partial charge in [0, 0.05) is 31.1 Å².